The first-order valence-electron chi connectivity index (χ1n) is 6.52. The fourth-order valence-corrected chi connectivity index (χ4v) is 2.05. The van der Waals surface area contributed by atoms with E-state index in [4.69, 9.17) is 16.7 Å². The minimum Gasteiger partial charge on any atom is -0.475 e. The van der Waals surface area contributed by atoms with Crippen LogP contribution in [0, 0.1) is 0 Å². The third-order valence-corrected chi connectivity index (χ3v) is 3.67. The fourth-order valence-electron chi connectivity index (χ4n) is 1.82. The van der Waals surface area contributed by atoms with Gasteiger partial charge in [0.05, 0.1) is 0 Å². The summed E-state index contributed by atoms with van der Waals surface area (Å²) in [5.74, 6) is -2.50. The van der Waals surface area contributed by atoms with Crippen LogP contribution in [0.5, 0.6) is 0 Å². The summed E-state index contributed by atoms with van der Waals surface area (Å²) in [5.41, 5.74) is 1.82. The van der Waals surface area contributed by atoms with E-state index in [1.807, 2.05) is 18.2 Å². The summed E-state index contributed by atoms with van der Waals surface area (Å²) < 4.78 is 0. The van der Waals surface area contributed by atoms with E-state index in [1.165, 1.54) is 0 Å². The van der Waals surface area contributed by atoms with Gasteiger partial charge in [0.1, 0.15) is 0 Å². The second kappa shape index (κ2) is 7.74. The average Bonchev–Trinajstić information content (AvgIpc) is 2.44. The summed E-state index contributed by atoms with van der Waals surface area (Å²) >= 11 is 6.02. The van der Waals surface area contributed by atoms with Crippen molar-refractivity contribution in [2.45, 2.75) is 33.1 Å². The van der Waals surface area contributed by atoms with Crippen LogP contribution in [-0.4, -0.2) is 22.6 Å². The summed E-state index contributed by atoms with van der Waals surface area (Å²) in [7, 11) is 0. The Hall–Kier alpha value is -1.94. The Morgan fingerprint density at radius 1 is 1.10 bits per heavy atom. The molecule has 5 heteroatoms. The molecule has 0 aliphatic heterocycles. The predicted molar refractivity (Wildman–Crippen MR) is 80.4 cm³/mol. The highest BCUT2D eigenvalue weighted by atomic mass is 35.5. The number of ketones is 2. The number of carbonyl (C=O) groups excluding carboxylic acids is 2. The van der Waals surface area contributed by atoms with Gasteiger partial charge in [-0.3, -0.25) is 9.59 Å². The van der Waals surface area contributed by atoms with Gasteiger partial charge >= 0.3 is 5.97 Å². The Bertz CT molecular complexity index is 602. The van der Waals surface area contributed by atoms with Crippen LogP contribution < -0.4 is 0 Å². The lowest BCUT2D eigenvalue weighted by molar-refractivity contribution is -0.148. The largest absolute Gasteiger partial charge is 0.475 e. The number of hydrogen-bond acceptors (Lipinski definition) is 3. The zero-order valence-electron chi connectivity index (χ0n) is 12.0. The molecule has 0 bridgehead atoms. The number of carbonyl (C=O) groups is 3. The molecule has 1 aromatic carbocycles. The van der Waals surface area contributed by atoms with E-state index >= 15 is 0 Å². The van der Waals surface area contributed by atoms with Crippen molar-refractivity contribution in [1.29, 1.82) is 0 Å². The molecular weight excluding hydrogens is 292 g/mol. The maximum Gasteiger partial charge on any atom is 0.372 e. The van der Waals surface area contributed by atoms with Gasteiger partial charge in [-0.1, -0.05) is 35.4 Å². The lowest BCUT2D eigenvalue weighted by Gasteiger charge is -2.07. The molecule has 1 N–H and O–H groups in total. The number of halogens is 1. The number of aliphatic carboxylic acids is 1. The van der Waals surface area contributed by atoms with Crippen LogP contribution in [0.15, 0.2) is 35.4 Å². The van der Waals surface area contributed by atoms with Gasteiger partial charge in [-0.25, -0.2) is 4.79 Å². The van der Waals surface area contributed by atoms with E-state index < -0.39 is 11.8 Å². The smallest absolute Gasteiger partial charge is 0.372 e. The van der Waals surface area contributed by atoms with Gasteiger partial charge in [0, 0.05) is 17.9 Å². The van der Waals surface area contributed by atoms with Gasteiger partial charge in [-0.05, 0) is 37.5 Å². The Morgan fingerprint density at radius 2 is 1.71 bits per heavy atom. The quantitative estimate of drug-likeness (QED) is 0.620. The van der Waals surface area contributed by atoms with Crippen LogP contribution >= 0.6 is 11.6 Å². The molecule has 0 amide bonds. The number of rotatable bonds is 7. The normalized spacial score (nSPS) is 11.8. The molecule has 1 aromatic rings. The number of Topliss-reactive ketones (excluding diaryl/α,β-unsaturated/α-hetero) is 2. The molecule has 0 fully saturated rings. The van der Waals surface area contributed by atoms with Crippen LogP contribution in [0.2, 0.25) is 5.02 Å². The predicted octanol–water partition coefficient (Wildman–Crippen LogP) is 3.22. The summed E-state index contributed by atoms with van der Waals surface area (Å²) in [5, 5.41) is 9.18. The van der Waals surface area contributed by atoms with Crippen LogP contribution in [0.1, 0.15) is 32.3 Å². The Labute approximate surface area is 128 Å². The first-order valence-corrected chi connectivity index (χ1v) is 6.89. The second-order valence-electron chi connectivity index (χ2n) is 4.83. The molecule has 0 atom stereocenters. The third-order valence-electron chi connectivity index (χ3n) is 3.30. The SMILES string of the molecule is CC(CC(=O)C(=O)O)=C(C)C(=O)CCc1ccccc1Cl. The standard InChI is InChI=1S/C16H17ClO4/c1-10(9-15(19)16(20)21)11(2)14(18)8-7-12-5-3-4-6-13(12)17/h3-6H,7-9H2,1-2H3,(H,20,21). The molecule has 0 aliphatic carbocycles. The molecule has 0 aliphatic rings. The Kier molecular flexibility index (Phi) is 6.31. The highest BCUT2D eigenvalue weighted by molar-refractivity contribution is 6.33. The summed E-state index contributed by atoms with van der Waals surface area (Å²) in [6.07, 6.45) is 0.545. The lowest BCUT2D eigenvalue weighted by atomic mass is 9.98. The van der Waals surface area contributed by atoms with Crippen molar-refractivity contribution in [3.8, 4) is 0 Å². The van der Waals surface area contributed by atoms with E-state index in [0.29, 0.717) is 22.6 Å². The zero-order valence-corrected chi connectivity index (χ0v) is 12.7. The molecule has 0 unspecified atom stereocenters. The van der Waals surface area contributed by atoms with E-state index in [9.17, 15) is 14.4 Å². The maximum atomic E-state index is 12.1. The molecule has 0 aromatic heterocycles. The number of carboxylic acids is 1. The minimum absolute atomic E-state index is 0.106. The van der Waals surface area contributed by atoms with Crippen molar-refractivity contribution in [1.82, 2.24) is 0 Å². The average molecular weight is 309 g/mol. The van der Waals surface area contributed by atoms with Crippen LogP contribution in [0.25, 0.3) is 0 Å². The van der Waals surface area contributed by atoms with Crippen molar-refractivity contribution in [2.24, 2.45) is 0 Å². The number of aryl methyl sites for hydroxylation is 1. The molecular formula is C16H17ClO4. The van der Waals surface area contributed by atoms with Crippen molar-refractivity contribution in [3.05, 3.63) is 46.0 Å². The third kappa shape index (κ3) is 5.16. The van der Waals surface area contributed by atoms with Crippen molar-refractivity contribution >= 4 is 29.1 Å². The number of allylic oxidation sites excluding steroid dienone is 2. The fraction of sp³-hybridized carbons (Fsp3) is 0.312. The van der Waals surface area contributed by atoms with Gasteiger partial charge in [-0.15, -0.1) is 0 Å². The van der Waals surface area contributed by atoms with Crippen molar-refractivity contribution in [3.63, 3.8) is 0 Å². The van der Waals surface area contributed by atoms with Gasteiger partial charge < -0.3 is 5.11 Å². The van der Waals surface area contributed by atoms with E-state index in [2.05, 4.69) is 0 Å². The number of carboxylic acid groups (broad SMARTS) is 1. The summed E-state index contributed by atoms with van der Waals surface area (Å²) in [6.45, 7) is 3.21. The Morgan fingerprint density at radius 3 is 2.29 bits per heavy atom. The molecule has 21 heavy (non-hydrogen) atoms. The molecule has 0 heterocycles. The van der Waals surface area contributed by atoms with Gasteiger partial charge in [0.25, 0.3) is 0 Å². The molecule has 0 radical (unpaired) electrons. The highest BCUT2D eigenvalue weighted by Crippen LogP contribution is 2.18. The van der Waals surface area contributed by atoms with Crippen molar-refractivity contribution < 1.29 is 19.5 Å². The monoisotopic (exact) mass is 308 g/mol. The first kappa shape index (κ1) is 17.1. The molecule has 0 spiro atoms. The topological polar surface area (TPSA) is 71.4 Å². The van der Waals surface area contributed by atoms with E-state index in [1.54, 1.807) is 19.9 Å². The molecule has 1 rings (SSSR count). The van der Waals surface area contributed by atoms with Gasteiger partial charge in [0.15, 0.2) is 5.78 Å². The van der Waals surface area contributed by atoms with Gasteiger partial charge in [0.2, 0.25) is 5.78 Å². The summed E-state index contributed by atoms with van der Waals surface area (Å²) in [6, 6.07) is 7.29. The Balaban J connectivity index is 2.68. The molecule has 0 saturated carbocycles. The van der Waals surface area contributed by atoms with E-state index in [0.717, 1.165) is 5.56 Å². The van der Waals surface area contributed by atoms with Crippen LogP contribution in [-0.2, 0) is 20.8 Å². The molecule has 4 nitrogen and oxygen atoms in total. The maximum absolute atomic E-state index is 12.1. The number of hydrogen-bond donors (Lipinski definition) is 1. The first-order chi connectivity index (χ1) is 9.82. The zero-order chi connectivity index (χ0) is 16.0. The number of benzene rings is 1. The van der Waals surface area contributed by atoms with Crippen molar-refractivity contribution in [2.75, 3.05) is 0 Å². The molecule has 0 saturated heterocycles. The summed E-state index contributed by atoms with van der Waals surface area (Å²) in [4.78, 5) is 33.7. The lowest BCUT2D eigenvalue weighted by Crippen LogP contribution is -2.14. The highest BCUT2D eigenvalue weighted by Gasteiger charge is 2.15. The van der Waals surface area contributed by atoms with E-state index in [-0.39, 0.29) is 18.6 Å². The van der Waals surface area contributed by atoms with Gasteiger partial charge in [-0.2, -0.15) is 0 Å². The van der Waals surface area contributed by atoms with Crippen LogP contribution in [0.3, 0.4) is 0 Å². The molecule has 112 valence electrons. The van der Waals surface area contributed by atoms with Crippen LogP contribution in [0.4, 0.5) is 0 Å². The second-order valence-corrected chi connectivity index (χ2v) is 5.23. The minimum atomic E-state index is -1.48.